The van der Waals surface area contributed by atoms with E-state index < -0.39 is 10.0 Å². The summed E-state index contributed by atoms with van der Waals surface area (Å²) in [4.78, 5) is 14.5. The molecule has 1 heterocycles. The summed E-state index contributed by atoms with van der Waals surface area (Å²) in [6.07, 6.45) is 0. The number of piperazine rings is 1. The van der Waals surface area contributed by atoms with Gasteiger partial charge >= 0.3 is 0 Å². The fraction of sp³-hybridized carbons (Fsp3) is 0.350. The van der Waals surface area contributed by atoms with Gasteiger partial charge in [-0.25, -0.2) is 8.42 Å². The van der Waals surface area contributed by atoms with Crippen LogP contribution in [0.5, 0.6) is 0 Å². The second-order valence-electron chi connectivity index (χ2n) is 6.95. The highest BCUT2D eigenvalue weighted by Crippen LogP contribution is 2.22. The van der Waals surface area contributed by atoms with Gasteiger partial charge in [-0.2, -0.15) is 4.31 Å². The number of carbonyl (C=O) groups is 1. The summed E-state index contributed by atoms with van der Waals surface area (Å²) in [5.41, 5.74) is 2.59. The average Bonchev–Trinajstić information content (AvgIpc) is 2.66. The third-order valence-corrected chi connectivity index (χ3v) is 7.19. The van der Waals surface area contributed by atoms with Gasteiger partial charge in [-0.3, -0.25) is 9.69 Å². The number of hydrogen-bond acceptors (Lipinski definition) is 4. The number of nitrogens with zero attached hydrogens (tertiary/aromatic N) is 2. The molecule has 1 aliphatic heterocycles. The van der Waals surface area contributed by atoms with Crippen LogP contribution in [-0.4, -0.2) is 56.3 Å². The molecule has 1 aliphatic rings. The van der Waals surface area contributed by atoms with Crippen molar-refractivity contribution in [1.82, 2.24) is 9.21 Å². The quantitative estimate of drug-likeness (QED) is 0.805. The molecule has 1 amide bonds. The van der Waals surface area contributed by atoms with Gasteiger partial charge in [0, 0.05) is 26.2 Å². The third-order valence-electron chi connectivity index (χ3n) is 4.96. The number of benzene rings is 2. The summed E-state index contributed by atoms with van der Waals surface area (Å²) in [5.74, 6) is -0.168. The molecule has 0 unspecified atom stereocenters. The number of anilines is 1. The van der Waals surface area contributed by atoms with Crippen LogP contribution < -0.4 is 5.32 Å². The molecule has 6 nitrogen and oxygen atoms in total. The molecule has 0 saturated carbocycles. The minimum atomic E-state index is -3.52. The van der Waals surface area contributed by atoms with Gasteiger partial charge in [0.1, 0.15) is 0 Å². The highest BCUT2D eigenvalue weighted by Gasteiger charge is 2.29. The number of amides is 1. The fourth-order valence-corrected chi connectivity index (χ4v) is 4.80. The largest absolute Gasteiger partial charge is 0.324 e. The molecule has 1 saturated heterocycles. The Morgan fingerprint density at radius 3 is 2.36 bits per heavy atom. The molecular formula is C20H24ClN3O3S. The van der Waals surface area contributed by atoms with Gasteiger partial charge in [0.2, 0.25) is 15.9 Å². The number of halogens is 1. The first-order valence-electron chi connectivity index (χ1n) is 9.11. The van der Waals surface area contributed by atoms with Crippen molar-refractivity contribution >= 4 is 33.2 Å². The minimum absolute atomic E-state index is 0.168. The van der Waals surface area contributed by atoms with Crippen molar-refractivity contribution in [3.63, 3.8) is 0 Å². The van der Waals surface area contributed by atoms with Crippen molar-refractivity contribution in [2.45, 2.75) is 18.7 Å². The van der Waals surface area contributed by atoms with Gasteiger partial charge in [0.25, 0.3) is 0 Å². The Labute approximate surface area is 171 Å². The molecule has 8 heteroatoms. The Kier molecular flexibility index (Phi) is 6.40. The lowest BCUT2D eigenvalue weighted by molar-refractivity contribution is -0.117. The lowest BCUT2D eigenvalue weighted by Gasteiger charge is -2.33. The van der Waals surface area contributed by atoms with Gasteiger partial charge < -0.3 is 5.32 Å². The van der Waals surface area contributed by atoms with E-state index in [0.29, 0.717) is 41.8 Å². The Morgan fingerprint density at radius 1 is 1.04 bits per heavy atom. The summed E-state index contributed by atoms with van der Waals surface area (Å²) >= 11 is 6.06. The average molecular weight is 422 g/mol. The van der Waals surface area contributed by atoms with Crippen LogP contribution in [0, 0.1) is 13.8 Å². The van der Waals surface area contributed by atoms with E-state index in [1.54, 1.807) is 36.4 Å². The van der Waals surface area contributed by atoms with Crippen molar-refractivity contribution in [3.05, 3.63) is 58.6 Å². The molecule has 3 rings (SSSR count). The van der Waals surface area contributed by atoms with Gasteiger partial charge in [-0.15, -0.1) is 0 Å². The highest BCUT2D eigenvalue weighted by molar-refractivity contribution is 7.89. The zero-order valence-corrected chi connectivity index (χ0v) is 17.6. The first kappa shape index (κ1) is 20.8. The summed E-state index contributed by atoms with van der Waals surface area (Å²) < 4.78 is 27.2. The first-order chi connectivity index (χ1) is 13.3. The number of carbonyl (C=O) groups excluding carboxylic acids is 1. The number of para-hydroxylation sites is 1. The van der Waals surface area contributed by atoms with Gasteiger partial charge in [-0.1, -0.05) is 29.8 Å². The second-order valence-corrected chi connectivity index (χ2v) is 9.30. The van der Waals surface area contributed by atoms with Crippen LogP contribution >= 0.6 is 11.6 Å². The van der Waals surface area contributed by atoms with Gasteiger partial charge in [0.05, 0.1) is 22.2 Å². The highest BCUT2D eigenvalue weighted by atomic mass is 35.5. The van der Waals surface area contributed by atoms with Crippen molar-refractivity contribution in [1.29, 1.82) is 0 Å². The predicted octanol–water partition coefficient (Wildman–Crippen LogP) is 2.90. The van der Waals surface area contributed by atoms with Gasteiger partial charge in [0.15, 0.2) is 0 Å². The predicted molar refractivity (Wildman–Crippen MR) is 111 cm³/mol. The van der Waals surface area contributed by atoms with Crippen LogP contribution in [-0.2, 0) is 14.8 Å². The third kappa shape index (κ3) is 4.72. The Hall–Kier alpha value is -1.93. The molecule has 2 aromatic carbocycles. The summed E-state index contributed by atoms with van der Waals surface area (Å²) in [6.45, 7) is 5.77. The fourth-order valence-electron chi connectivity index (χ4n) is 3.11. The molecule has 0 aliphatic carbocycles. The smallest absolute Gasteiger partial charge is 0.243 e. The maximum Gasteiger partial charge on any atom is 0.243 e. The van der Waals surface area contributed by atoms with Crippen molar-refractivity contribution in [2.75, 3.05) is 38.0 Å². The zero-order chi connectivity index (χ0) is 20.3. The van der Waals surface area contributed by atoms with E-state index in [9.17, 15) is 13.2 Å². The van der Waals surface area contributed by atoms with E-state index in [1.807, 2.05) is 24.8 Å². The summed E-state index contributed by atoms with van der Waals surface area (Å²) in [6, 6.07) is 12.3. The minimum Gasteiger partial charge on any atom is -0.324 e. The zero-order valence-electron chi connectivity index (χ0n) is 16.0. The van der Waals surface area contributed by atoms with Crippen LogP contribution in [0.4, 0.5) is 5.69 Å². The van der Waals surface area contributed by atoms with Crippen LogP contribution in [0.25, 0.3) is 0 Å². The summed E-state index contributed by atoms with van der Waals surface area (Å²) in [7, 11) is -3.52. The lowest BCUT2D eigenvalue weighted by Crippen LogP contribution is -2.50. The number of sulfonamides is 1. The van der Waals surface area contributed by atoms with E-state index in [2.05, 4.69) is 5.32 Å². The van der Waals surface area contributed by atoms with Crippen LogP contribution in [0.1, 0.15) is 11.1 Å². The van der Waals surface area contributed by atoms with E-state index >= 15 is 0 Å². The van der Waals surface area contributed by atoms with E-state index in [-0.39, 0.29) is 12.5 Å². The van der Waals surface area contributed by atoms with E-state index in [1.165, 1.54) is 4.31 Å². The molecule has 0 bridgehead atoms. The normalized spacial score (nSPS) is 16.1. The van der Waals surface area contributed by atoms with Crippen molar-refractivity contribution in [2.24, 2.45) is 0 Å². The van der Waals surface area contributed by atoms with E-state index in [4.69, 9.17) is 11.6 Å². The Bertz CT molecular complexity index is 970. The number of rotatable bonds is 5. The molecule has 0 spiro atoms. The number of aryl methyl sites for hydroxylation is 2. The number of hydrogen-bond donors (Lipinski definition) is 1. The Balaban J connectivity index is 1.57. The second kappa shape index (κ2) is 8.61. The monoisotopic (exact) mass is 421 g/mol. The van der Waals surface area contributed by atoms with Crippen molar-refractivity contribution < 1.29 is 13.2 Å². The number of nitrogens with one attached hydrogen (secondary N) is 1. The molecule has 2 aromatic rings. The van der Waals surface area contributed by atoms with Crippen LogP contribution in [0.3, 0.4) is 0 Å². The van der Waals surface area contributed by atoms with Crippen molar-refractivity contribution in [3.8, 4) is 0 Å². The maximum atomic E-state index is 12.9. The maximum absolute atomic E-state index is 12.9. The molecule has 28 heavy (non-hydrogen) atoms. The summed E-state index contributed by atoms with van der Waals surface area (Å²) in [5, 5.41) is 3.28. The Morgan fingerprint density at radius 2 is 1.71 bits per heavy atom. The molecule has 0 radical (unpaired) electrons. The lowest BCUT2D eigenvalue weighted by atomic mass is 10.1. The molecule has 0 atom stereocenters. The molecule has 150 valence electrons. The molecule has 0 aromatic heterocycles. The SMILES string of the molecule is Cc1ccc(S(=O)(=O)N2CCN(CC(=O)Nc3ccccc3Cl)CC2)cc1C. The topological polar surface area (TPSA) is 69.7 Å². The molecular weight excluding hydrogens is 398 g/mol. The first-order valence-corrected chi connectivity index (χ1v) is 10.9. The van der Waals surface area contributed by atoms with E-state index in [0.717, 1.165) is 11.1 Å². The standard InChI is InChI=1S/C20H24ClN3O3S/c1-15-7-8-17(13-16(15)2)28(26,27)24-11-9-23(10-12-24)14-20(25)22-19-6-4-3-5-18(19)21/h3-8,13H,9-12,14H2,1-2H3,(H,22,25). The van der Waals surface area contributed by atoms with Crippen LogP contribution in [0.15, 0.2) is 47.4 Å². The molecule has 1 N–H and O–H groups in total. The van der Waals surface area contributed by atoms with Gasteiger partial charge in [-0.05, 0) is 49.2 Å². The molecule has 1 fully saturated rings. The van der Waals surface area contributed by atoms with Crippen LogP contribution in [0.2, 0.25) is 5.02 Å².